The predicted octanol–water partition coefficient (Wildman–Crippen LogP) is 6.86. The Morgan fingerprint density at radius 1 is 0.345 bits per heavy atom. The van der Waals surface area contributed by atoms with Gasteiger partial charge in [-0.3, -0.25) is 0 Å². The quantitative estimate of drug-likeness (QED) is 0.274. The molecule has 0 amide bonds. The van der Waals surface area contributed by atoms with Crippen molar-refractivity contribution in [3.63, 3.8) is 0 Å². The normalized spacial score (nSPS) is 8.83. The molecule has 0 fully saturated rings. The molecule has 0 aliphatic heterocycles. The maximum atomic E-state index is 2.89. The van der Waals surface area contributed by atoms with Gasteiger partial charge in [-0.05, 0) is 0 Å². The summed E-state index contributed by atoms with van der Waals surface area (Å²) in [5.41, 5.74) is 0. The first-order chi connectivity index (χ1) is 14.0. The van der Waals surface area contributed by atoms with Crippen LogP contribution in [0.2, 0.25) is 0 Å². The first kappa shape index (κ1) is 25.9. The molecule has 5 rings (SSSR count). The van der Waals surface area contributed by atoms with Crippen LogP contribution in [0.3, 0.4) is 0 Å². The molecular formula is C28H23Co-5. The van der Waals surface area contributed by atoms with E-state index >= 15 is 0 Å². The molecule has 0 saturated carbocycles. The number of hydrogen-bond donors (Lipinski definition) is 0. The van der Waals surface area contributed by atoms with Gasteiger partial charge < -0.3 is 0 Å². The van der Waals surface area contributed by atoms with Crippen molar-refractivity contribution in [3.05, 3.63) is 170 Å². The molecular weight excluding hydrogens is 395 g/mol. The Bertz CT molecular complexity index is 545. The summed E-state index contributed by atoms with van der Waals surface area (Å²) >= 11 is 0. The third-order valence-corrected chi connectivity index (χ3v) is 2.81. The fourth-order valence-electron chi connectivity index (χ4n) is 1.46. The van der Waals surface area contributed by atoms with Crippen molar-refractivity contribution >= 4 is 0 Å². The van der Waals surface area contributed by atoms with Gasteiger partial charge in [0.2, 0.25) is 0 Å². The van der Waals surface area contributed by atoms with Crippen LogP contribution in [0.25, 0.3) is 0 Å². The molecule has 1 aliphatic rings. The Morgan fingerprint density at radius 3 is 0.552 bits per heavy atom. The molecule has 0 saturated heterocycles. The maximum absolute atomic E-state index is 2.89. The molecule has 0 bridgehead atoms. The number of benzene rings is 4. The van der Waals surface area contributed by atoms with E-state index in [1.165, 1.54) is 0 Å². The Labute approximate surface area is 186 Å². The van der Waals surface area contributed by atoms with Crippen molar-refractivity contribution in [1.29, 1.82) is 0 Å². The standard InChI is InChI=1S/4C6H5.C4H3.Co/c4*1-2-4-6-5-3-1;1-2-4-3-1;/h4*1-5H;1-3H;/q5*-1;. The van der Waals surface area contributed by atoms with Gasteiger partial charge >= 0.3 is 0 Å². The van der Waals surface area contributed by atoms with Crippen molar-refractivity contribution in [2.45, 2.75) is 0 Å². The minimum Gasteiger partial charge on any atom is -0.184 e. The van der Waals surface area contributed by atoms with Gasteiger partial charge in [0.15, 0.2) is 0 Å². The fourth-order valence-corrected chi connectivity index (χ4v) is 1.46. The van der Waals surface area contributed by atoms with E-state index in [4.69, 9.17) is 0 Å². The summed E-state index contributed by atoms with van der Waals surface area (Å²) in [4.78, 5) is 0. The molecule has 1 aliphatic carbocycles. The van der Waals surface area contributed by atoms with Crippen LogP contribution in [-0.4, -0.2) is 0 Å². The van der Waals surface area contributed by atoms with Crippen molar-refractivity contribution in [2.75, 3.05) is 0 Å². The summed E-state index contributed by atoms with van der Waals surface area (Å²) in [6.45, 7) is 0. The zero-order valence-corrected chi connectivity index (χ0v) is 17.2. The smallest absolute Gasteiger partial charge is 0 e. The second-order valence-corrected chi connectivity index (χ2v) is 5.00. The zero-order valence-electron chi connectivity index (χ0n) is 16.1. The van der Waals surface area contributed by atoms with Crippen molar-refractivity contribution in [1.82, 2.24) is 0 Å². The number of allylic oxidation sites excluding steroid dienone is 4. The summed E-state index contributed by atoms with van der Waals surface area (Å²) in [5.74, 6) is 0. The first-order valence-electron chi connectivity index (χ1n) is 8.89. The first-order valence-corrected chi connectivity index (χ1v) is 8.89. The second-order valence-electron chi connectivity index (χ2n) is 5.00. The number of hydrogen-bond acceptors (Lipinski definition) is 0. The Kier molecular flexibility index (Phi) is 20.4. The summed E-state index contributed by atoms with van der Waals surface area (Å²) in [7, 11) is 0. The van der Waals surface area contributed by atoms with E-state index in [1.54, 1.807) is 0 Å². The predicted molar refractivity (Wildman–Crippen MR) is 118 cm³/mol. The molecule has 0 unspecified atom stereocenters. The van der Waals surface area contributed by atoms with Gasteiger partial charge in [-0.2, -0.15) is 170 Å². The molecule has 29 heavy (non-hydrogen) atoms. The molecule has 0 aromatic heterocycles. The molecule has 0 nitrogen and oxygen atoms in total. The third kappa shape index (κ3) is 21.0. The monoisotopic (exact) mass is 418 g/mol. The van der Waals surface area contributed by atoms with Crippen molar-refractivity contribution in [2.24, 2.45) is 0 Å². The average Bonchev–Trinajstić information content (AvgIpc) is 2.79. The minimum atomic E-state index is 0. The second kappa shape index (κ2) is 22.9. The van der Waals surface area contributed by atoms with E-state index in [9.17, 15) is 0 Å². The van der Waals surface area contributed by atoms with E-state index in [0.717, 1.165) is 0 Å². The van der Waals surface area contributed by atoms with Crippen LogP contribution in [0.5, 0.6) is 0 Å². The maximum Gasteiger partial charge on any atom is 0 e. The van der Waals surface area contributed by atoms with Gasteiger partial charge in [-0.25, -0.2) is 0 Å². The van der Waals surface area contributed by atoms with E-state index in [2.05, 4.69) is 30.3 Å². The van der Waals surface area contributed by atoms with Crippen LogP contribution in [-0.2, 0) is 16.8 Å². The van der Waals surface area contributed by atoms with Gasteiger partial charge in [0.05, 0.1) is 0 Å². The van der Waals surface area contributed by atoms with Crippen molar-refractivity contribution in [3.8, 4) is 0 Å². The van der Waals surface area contributed by atoms with Crippen molar-refractivity contribution < 1.29 is 16.8 Å². The van der Waals surface area contributed by atoms with E-state index in [1.807, 2.05) is 140 Å². The Hall–Kier alpha value is -3.13. The van der Waals surface area contributed by atoms with Crippen LogP contribution in [0, 0.1) is 30.3 Å². The molecule has 0 heterocycles. The third-order valence-electron chi connectivity index (χ3n) is 2.81. The van der Waals surface area contributed by atoms with E-state index in [0.29, 0.717) is 0 Å². The summed E-state index contributed by atoms with van der Waals surface area (Å²) in [5, 5.41) is 0. The van der Waals surface area contributed by atoms with Crippen LogP contribution < -0.4 is 0 Å². The molecule has 1 radical (unpaired) electrons. The van der Waals surface area contributed by atoms with Crippen LogP contribution in [0.4, 0.5) is 0 Å². The van der Waals surface area contributed by atoms with Gasteiger partial charge in [-0.1, -0.05) is 0 Å². The molecule has 0 atom stereocenters. The summed E-state index contributed by atoms with van der Waals surface area (Å²) < 4.78 is 0. The Morgan fingerprint density at radius 2 is 0.517 bits per heavy atom. The molecule has 4 aromatic rings. The van der Waals surface area contributed by atoms with Gasteiger partial charge in [-0.15, -0.1) is 0 Å². The molecule has 1 heteroatoms. The Balaban J connectivity index is 0.000000337. The topological polar surface area (TPSA) is 0 Å². The van der Waals surface area contributed by atoms with Crippen LogP contribution in [0.15, 0.2) is 140 Å². The van der Waals surface area contributed by atoms with Crippen LogP contribution in [0.1, 0.15) is 0 Å². The minimum absolute atomic E-state index is 0. The average molecular weight is 418 g/mol. The summed E-state index contributed by atoms with van der Waals surface area (Å²) in [6.07, 6.45) is 8.50. The largest absolute Gasteiger partial charge is 0.184 e. The molecule has 0 N–H and O–H groups in total. The number of rotatable bonds is 0. The van der Waals surface area contributed by atoms with Gasteiger partial charge in [0.1, 0.15) is 0 Å². The SMILES string of the molecule is [C-]1=CC=C1.[Co].[c-]1ccccc1.[c-]1ccccc1.[c-]1ccccc1.[c-]1ccccc1. The molecule has 0 spiro atoms. The zero-order chi connectivity index (χ0) is 19.8. The van der Waals surface area contributed by atoms with E-state index < -0.39 is 0 Å². The van der Waals surface area contributed by atoms with Crippen LogP contribution >= 0.6 is 0 Å². The molecule has 149 valence electrons. The van der Waals surface area contributed by atoms with E-state index in [-0.39, 0.29) is 16.8 Å². The van der Waals surface area contributed by atoms with Gasteiger partial charge in [0, 0.05) is 16.8 Å². The van der Waals surface area contributed by atoms with Gasteiger partial charge in [0.25, 0.3) is 0 Å². The summed E-state index contributed by atoms with van der Waals surface area (Å²) in [6, 6.07) is 50.0. The molecule has 4 aromatic carbocycles. The fraction of sp³-hybridized carbons (Fsp3) is 0.